The summed E-state index contributed by atoms with van der Waals surface area (Å²) >= 11 is 0. The number of anilines is 1. The highest BCUT2D eigenvalue weighted by Gasteiger charge is 2.17. The minimum atomic E-state index is -0.606. The van der Waals surface area contributed by atoms with Crippen LogP contribution in [-0.2, 0) is 4.74 Å². The first-order chi connectivity index (χ1) is 14.1. The molecule has 0 unspecified atom stereocenters. The topological polar surface area (TPSA) is 137 Å². The molecular formula is C20H12N4O5. The molecule has 9 nitrogen and oxygen atoms in total. The highest BCUT2D eigenvalue weighted by Crippen LogP contribution is 2.38. The Kier molecular flexibility index (Phi) is 5.49. The molecule has 0 fully saturated rings. The lowest BCUT2D eigenvalue weighted by Gasteiger charge is -2.14. The lowest BCUT2D eigenvalue weighted by Crippen LogP contribution is -2.06. The van der Waals surface area contributed by atoms with Crippen molar-refractivity contribution in [3.05, 3.63) is 53.2 Å². The maximum atomic E-state index is 11.9. The maximum Gasteiger partial charge on any atom is 0.337 e. The van der Waals surface area contributed by atoms with Gasteiger partial charge in [0.05, 0.1) is 18.4 Å². The van der Waals surface area contributed by atoms with E-state index in [-0.39, 0.29) is 29.5 Å². The van der Waals surface area contributed by atoms with E-state index < -0.39 is 11.5 Å². The second kappa shape index (κ2) is 8.34. The number of methoxy groups -OCH3 is 1. The van der Waals surface area contributed by atoms with Gasteiger partial charge in [-0.05, 0) is 30.3 Å². The van der Waals surface area contributed by atoms with Crippen molar-refractivity contribution in [1.82, 2.24) is 0 Å². The Morgan fingerprint density at radius 2 is 1.79 bits per heavy atom. The number of nitrogens with zero attached hydrogens (tertiary/aromatic N) is 3. The van der Waals surface area contributed by atoms with Gasteiger partial charge in [-0.25, -0.2) is 4.79 Å². The molecule has 142 valence electrons. The first kappa shape index (κ1) is 19.1. The summed E-state index contributed by atoms with van der Waals surface area (Å²) < 4.78 is 21.1. The molecule has 0 radical (unpaired) electrons. The summed E-state index contributed by atoms with van der Waals surface area (Å²) in [4.78, 5) is 11.9. The first-order valence-electron chi connectivity index (χ1n) is 8.11. The fraction of sp³-hybridized carbons (Fsp3) is 0.100. The lowest BCUT2D eigenvalue weighted by atomic mass is 10.1. The molecule has 0 saturated heterocycles. The van der Waals surface area contributed by atoms with E-state index in [1.165, 1.54) is 25.3 Å². The van der Waals surface area contributed by atoms with E-state index in [0.29, 0.717) is 17.2 Å². The Hall–Kier alpha value is -4.68. The van der Waals surface area contributed by atoms with Crippen LogP contribution in [0, 0.1) is 34.0 Å². The van der Waals surface area contributed by atoms with Gasteiger partial charge >= 0.3 is 5.97 Å². The number of benzene rings is 2. The van der Waals surface area contributed by atoms with Gasteiger partial charge in [0, 0.05) is 6.07 Å². The Morgan fingerprint density at radius 3 is 2.48 bits per heavy atom. The zero-order valence-corrected chi connectivity index (χ0v) is 15.1. The number of nitrogens with one attached hydrogen (secondary N) is 1. The molecule has 1 aliphatic rings. The van der Waals surface area contributed by atoms with Crippen LogP contribution >= 0.6 is 0 Å². The minimum absolute atomic E-state index is 0.112. The molecule has 0 aliphatic carbocycles. The number of carbonyl (C=O) groups excluding carboxylic acids is 1. The number of hydrogen-bond acceptors (Lipinski definition) is 9. The van der Waals surface area contributed by atoms with Gasteiger partial charge in [0.1, 0.15) is 29.7 Å². The summed E-state index contributed by atoms with van der Waals surface area (Å²) in [7, 11) is 1.23. The fourth-order valence-electron chi connectivity index (χ4n) is 2.45. The van der Waals surface area contributed by atoms with Gasteiger partial charge in [-0.15, -0.1) is 0 Å². The van der Waals surface area contributed by atoms with Crippen molar-refractivity contribution in [3.63, 3.8) is 0 Å². The van der Waals surface area contributed by atoms with Crippen LogP contribution in [0.1, 0.15) is 10.4 Å². The Labute approximate surface area is 165 Å². The third-order valence-corrected chi connectivity index (χ3v) is 3.82. The molecule has 29 heavy (non-hydrogen) atoms. The number of nitriles is 3. The SMILES string of the molecule is COC(=O)c1ccc(Oc2ccc3c(c2)OCO3)c(NC(C#N)=C(C#N)C#N)c1. The van der Waals surface area contributed by atoms with Crippen molar-refractivity contribution in [2.24, 2.45) is 0 Å². The Bertz CT molecular complexity index is 1120. The fourth-order valence-corrected chi connectivity index (χ4v) is 2.45. The molecule has 3 rings (SSSR count). The molecule has 0 saturated carbocycles. The minimum Gasteiger partial charge on any atom is -0.465 e. The molecule has 0 atom stereocenters. The monoisotopic (exact) mass is 388 g/mol. The molecule has 2 aromatic carbocycles. The van der Waals surface area contributed by atoms with Crippen LogP contribution in [0.3, 0.4) is 0 Å². The molecule has 0 amide bonds. The summed E-state index contributed by atoms with van der Waals surface area (Å²) in [5, 5.41) is 30.0. The Morgan fingerprint density at radius 1 is 1.03 bits per heavy atom. The standard InChI is InChI=1S/C20H12N4O5/c1-26-20(25)12-2-4-17(15(6-12)24-16(10-23)13(8-21)9-22)29-14-3-5-18-19(7-14)28-11-27-18/h2-7,24H,11H2,1H3. The predicted molar refractivity (Wildman–Crippen MR) is 97.9 cm³/mol. The molecule has 1 N–H and O–H groups in total. The number of esters is 1. The van der Waals surface area contributed by atoms with E-state index in [9.17, 15) is 10.1 Å². The van der Waals surface area contributed by atoms with E-state index in [4.69, 9.17) is 29.5 Å². The molecule has 0 bridgehead atoms. The largest absolute Gasteiger partial charge is 0.465 e. The van der Waals surface area contributed by atoms with Crippen molar-refractivity contribution in [2.45, 2.75) is 0 Å². The summed E-state index contributed by atoms with van der Waals surface area (Å²) in [5.74, 6) is 1.13. The predicted octanol–water partition coefficient (Wildman–Crippen LogP) is 3.23. The van der Waals surface area contributed by atoms with Gasteiger partial charge in [-0.3, -0.25) is 0 Å². The van der Waals surface area contributed by atoms with Crippen molar-refractivity contribution >= 4 is 11.7 Å². The van der Waals surface area contributed by atoms with Crippen molar-refractivity contribution in [3.8, 4) is 41.2 Å². The van der Waals surface area contributed by atoms with Crippen LogP contribution in [0.4, 0.5) is 5.69 Å². The maximum absolute atomic E-state index is 11.9. The van der Waals surface area contributed by atoms with Gasteiger partial charge in [-0.1, -0.05) is 0 Å². The number of hydrogen-bond donors (Lipinski definition) is 1. The summed E-state index contributed by atoms with van der Waals surface area (Å²) in [5.41, 5.74) is -0.330. The highest BCUT2D eigenvalue weighted by molar-refractivity contribution is 5.91. The molecule has 9 heteroatoms. The first-order valence-corrected chi connectivity index (χ1v) is 8.11. The number of carbonyl (C=O) groups is 1. The summed E-state index contributed by atoms with van der Waals surface area (Å²) in [6, 6.07) is 14.3. The molecule has 0 spiro atoms. The van der Waals surface area contributed by atoms with Crippen molar-refractivity contribution in [1.29, 1.82) is 15.8 Å². The smallest absolute Gasteiger partial charge is 0.337 e. The van der Waals surface area contributed by atoms with Gasteiger partial charge in [-0.2, -0.15) is 15.8 Å². The zero-order chi connectivity index (χ0) is 20.8. The third kappa shape index (κ3) is 4.02. The summed E-state index contributed by atoms with van der Waals surface area (Å²) in [6.45, 7) is 0.112. The summed E-state index contributed by atoms with van der Waals surface area (Å²) in [6.07, 6.45) is 0. The Balaban J connectivity index is 2.01. The van der Waals surface area contributed by atoms with E-state index in [0.717, 1.165) is 0 Å². The number of rotatable bonds is 5. The van der Waals surface area contributed by atoms with Gasteiger partial charge in [0.25, 0.3) is 0 Å². The zero-order valence-electron chi connectivity index (χ0n) is 15.1. The van der Waals surface area contributed by atoms with E-state index >= 15 is 0 Å². The second-order valence-corrected chi connectivity index (χ2v) is 5.53. The van der Waals surface area contributed by atoms with Crippen molar-refractivity contribution < 1.29 is 23.7 Å². The van der Waals surface area contributed by atoms with E-state index in [1.807, 2.05) is 0 Å². The van der Waals surface area contributed by atoms with Crippen LogP contribution in [0.15, 0.2) is 47.7 Å². The number of fused-ring (bicyclic) bond motifs is 1. The third-order valence-electron chi connectivity index (χ3n) is 3.82. The van der Waals surface area contributed by atoms with Gasteiger partial charge in [0.15, 0.2) is 22.8 Å². The second-order valence-electron chi connectivity index (χ2n) is 5.53. The quantitative estimate of drug-likeness (QED) is 0.604. The van der Waals surface area contributed by atoms with Crippen LogP contribution in [-0.4, -0.2) is 19.9 Å². The van der Waals surface area contributed by atoms with E-state index in [1.54, 1.807) is 36.4 Å². The highest BCUT2D eigenvalue weighted by atomic mass is 16.7. The average molecular weight is 388 g/mol. The van der Waals surface area contributed by atoms with Crippen LogP contribution in [0.2, 0.25) is 0 Å². The molecule has 1 heterocycles. The van der Waals surface area contributed by atoms with Gasteiger partial charge < -0.3 is 24.3 Å². The molecule has 1 aliphatic heterocycles. The van der Waals surface area contributed by atoms with Crippen LogP contribution in [0.25, 0.3) is 0 Å². The van der Waals surface area contributed by atoms with Crippen molar-refractivity contribution in [2.75, 3.05) is 19.2 Å². The molecule has 0 aromatic heterocycles. The van der Waals surface area contributed by atoms with Crippen LogP contribution < -0.4 is 19.5 Å². The normalized spacial score (nSPS) is 10.7. The lowest BCUT2D eigenvalue weighted by molar-refractivity contribution is 0.0600. The number of allylic oxidation sites excluding steroid dienone is 2. The van der Waals surface area contributed by atoms with E-state index in [2.05, 4.69) is 5.32 Å². The molecule has 2 aromatic rings. The van der Waals surface area contributed by atoms with Gasteiger partial charge in [0.2, 0.25) is 6.79 Å². The average Bonchev–Trinajstić information content (AvgIpc) is 3.22. The molecular weight excluding hydrogens is 376 g/mol. The number of ether oxygens (including phenoxy) is 4. The van der Waals surface area contributed by atoms with Crippen LogP contribution in [0.5, 0.6) is 23.0 Å².